The Hall–Kier alpha value is -2.20. The molecule has 1 unspecified atom stereocenters. The molecule has 5 atom stereocenters. The number of hydrogen-bond donors (Lipinski definition) is 1. The summed E-state index contributed by atoms with van der Waals surface area (Å²) < 4.78 is 27.7. The molecule has 1 aliphatic rings. The largest absolute Gasteiger partial charge is 0.463 e. The highest BCUT2D eigenvalue weighted by molar-refractivity contribution is 5.73. The summed E-state index contributed by atoms with van der Waals surface area (Å²) >= 11 is 0. The van der Waals surface area contributed by atoms with E-state index in [1.54, 1.807) is 0 Å². The smallest absolute Gasteiger partial charge is 0.303 e. The van der Waals surface area contributed by atoms with Gasteiger partial charge < -0.3 is 29.0 Å². The molecule has 0 aliphatic carbocycles. The first-order valence-electron chi connectivity index (χ1n) is 11.5. The Morgan fingerprint density at radius 1 is 0.848 bits per heavy atom. The lowest BCUT2D eigenvalue weighted by atomic mass is 9.96. The second-order valence-corrected chi connectivity index (χ2v) is 8.69. The number of amides is 1. The van der Waals surface area contributed by atoms with Crippen molar-refractivity contribution in [2.75, 3.05) is 13.2 Å². The Bertz CT molecular complexity index is 652. The van der Waals surface area contributed by atoms with Gasteiger partial charge in [0.05, 0.1) is 0 Å². The topological polar surface area (TPSA) is 126 Å². The van der Waals surface area contributed by atoms with Crippen molar-refractivity contribution < 1.29 is 42.9 Å². The normalized spacial score (nSPS) is 24.8. The van der Waals surface area contributed by atoms with E-state index in [2.05, 4.69) is 19.2 Å². The minimum absolute atomic E-state index is 0.243. The van der Waals surface area contributed by atoms with E-state index >= 15 is 0 Å². The van der Waals surface area contributed by atoms with Crippen LogP contribution in [-0.2, 0) is 42.9 Å². The summed E-state index contributed by atoms with van der Waals surface area (Å²) in [4.78, 5) is 46.8. The van der Waals surface area contributed by atoms with Gasteiger partial charge in [0.25, 0.3) is 0 Å². The molecule has 0 spiro atoms. The van der Waals surface area contributed by atoms with Crippen molar-refractivity contribution in [3.05, 3.63) is 0 Å². The average Bonchev–Trinajstić information content (AvgIpc) is 2.68. The number of rotatable bonds is 13. The zero-order chi connectivity index (χ0) is 25.0. The van der Waals surface area contributed by atoms with Gasteiger partial charge in [0, 0.05) is 34.3 Å². The molecular weight excluding hydrogens is 434 g/mol. The molecule has 0 saturated carbocycles. The highest BCUT2D eigenvalue weighted by Gasteiger charge is 2.51. The minimum Gasteiger partial charge on any atom is -0.463 e. The zero-order valence-corrected chi connectivity index (χ0v) is 20.6. The second-order valence-electron chi connectivity index (χ2n) is 8.69. The molecule has 1 rings (SSSR count). The van der Waals surface area contributed by atoms with Crippen molar-refractivity contribution in [1.82, 2.24) is 5.32 Å². The van der Waals surface area contributed by atoms with Gasteiger partial charge in [-0.2, -0.15) is 0 Å². The minimum atomic E-state index is -1.11. The third-order valence-electron chi connectivity index (χ3n) is 5.03. The molecule has 1 amide bonds. The van der Waals surface area contributed by atoms with Gasteiger partial charge in [-0.05, 0) is 12.3 Å². The summed E-state index contributed by atoms with van der Waals surface area (Å²) in [5, 5.41) is 2.68. The third kappa shape index (κ3) is 11.5. The first kappa shape index (κ1) is 28.8. The maximum atomic E-state index is 11.9. The van der Waals surface area contributed by atoms with Crippen LogP contribution in [0.1, 0.15) is 73.6 Å². The quantitative estimate of drug-likeness (QED) is 0.243. The van der Waals surface area contributed by atoms with E-state index in [0.717, 1.165) is 25.7 Å². The van der Waals surface area contributed by atoms with E-state index in [1.165, 1.54) is 34.1 Å². The van der Waals surface area contributed by atoms with Gasteiger partial charge in [-0.3, -0.25) is 19.2 Å². The summed E-state index contributed by atoms with van der Waals surface area (Å²) in [6.07, 6.45) is 1.01. The molecule has 0 bridgehead atoms. The molecule has 0 aromatic heterocycles. The van der Waals surface area contributed by atoms with Crippen LogP contribution in [0.25, 0.3) is 0 Å². The summed E-state index contributed by atoms with van der Waals surface area (Å²) in [5.41, 5.74) is 0. The molecule has 10 nitrogen and oxygen atoms in total. The monoisotopic (exact) mass is 473 g/mol. The Morgan fingerprint density at radius 2 is 1.45 bits per heavy atom. The van der Waals surface area contributed by atoms with Crippen LogP contribution >= 0.6 is 0 Å². The number of ether oxygens (including phenoxy) is 5. The van der Waals surface area contributed by atoms with E-state index in [1.807, 2.05) is 0 Å². The molecule has 33 heavy (non-hydrogen) atoms. The molecule has 190 valence electrons. The third-order valence-corrected chi connectivity index (χ3v) is 5.03. The maximum absolute atomic E-state index is 11.9. The van der Waals surface area contributed by atoms with Crippen LogP contribution < -0.4 is 5.32 Å². The SMILES string of the molecule is CC(=O)N[C@H]1C(OCCCCCCC(C)C)O[C@H](COC(C)=O)[C@H](OC(C)=O)[C@@H]1OC(C)=O. The van der Waals surface area contributed by atoms with Crippen molar-refractivity contribution in [2.24, 2.45) is 5.92 Å². The van der Waals surface area contributed by atoms with Gasteiger partial charge in [-0.15, -0.1) is 0 Å². The molecule has 1 aliphatic heterocycles. The molecular formula is C23H39NO9. The predicted molar refractivity (Wildman–Crippen MR) is 118 cm³/mol. The Balaban J connectivity index is 2.97. The van der Waals surface area contributed by atoms with Crippen LogP contribution in [0.5, 0.6) is 0 Å². The van der Waals surface area contributed by atoms with E-state index in [-0.39, 0.29) is 6.61 Å². The lowest BCUT2D eigenvalue weighted by Crippen LogP contribution is -2.66. The number of carbonyl (C=O) groups excluding carboxylic acids is 4. The first-order chi connectivity index (χ1) is 15.5. The van der Waals surface area contributed by atoms with Gasteiger partial charge in [-0.1, -0.05) is 39.5 Å². The fraction of sp³-hybridized carbons (Fsp3) is 0.826. The molecule has 1 saturated heterocycles. The van der Waals surface area contributed by atoms with Crippen LogP contribution in [0.15, 0.2) is 0 Å². The van der Waals surface area contributed by atoms with E-state index in [9.17, 15) is 19.2 Å². The van der Waals surface area contributed by atoms with Crippen LogP contribution in [0.4, 0.5) is 0 Å². The maximum Gasteiger partial charge on any atom is 0.303 e. The van der Waals surface area contributed by atoms with Gasteiger partial charge >= 0.3 is 17.9 Å². The Morgan fingerprint density at radius 3 is 2.00 bits per heavy atom. The van der Waals surface area contributed by atoms with E-state index in [4.69, 9.17) is 23.7 Å². The zero-order valence-electron chi connectivity index (χ0n) is 20.6. The summed E-state index contributed by atoms with van der Waals surface area (Å²) in [7, 11) is 0. The highest BCUT2D eigenvalue weighted by Crippen LogP contribution is 2.28. The number of nitrogens with one attached hydrogen (secondary N) is 1. The lowest BCUT2D eigenvalue weighted by Gasteiger charge is -2.44. The predicted octanol–water partition coefficient (Wildman–Crippen LogP) is 2.27. The van der Waals surface area contributed by atoms with Crippen LogP contribution in [0.2, 0.25) is 0 Å². The van der Waals surface area contributed by atoms with Gasteiger partial charge in [0.1, 0.15) is 18.8 Å². The van der Waals surface area contributed by atoms with Crippen LogP contribution in [-0.4, -0.2) is 67.7 Å². The van der Waals surface area contributed by atoms with Crippen molar-refractivity contribution in [2.45, 2.75) is 104 Å². The average molecular weight is 474 g/mol. The molecule has 10 heteroatoms. The Kier molecular flexibility index (Phi) is 13.0. The van der Waals surface area contributed by atoms with Crippen molar-refractivity contribution in [3.63, 3.8) is 0 Å². The van der Waals surface area contributed by atoms with E-state index < -0.39 is 54.5 Å². The standard InChI is InChI=1S/C23H39NO9/c1-14(2)11-9-7-8-10-12-29-23-20(24-15(3)25)22(32-18(6)28)21(31-17(5)27)19(33-23)13-30-16(4)26/h14,19-23H,7-13H2,1-6H3,(H,24,25)/t19-,20-,21+,22-,23?/m1/s1. The van der Waals surface area contributed by atoms with Gasteiger partial charge in [-0.25, -0.2) is 0 Å². The lowest BCUT2D eigenvalue weighted by molar-refractivity contribution is -0.277. The fourth-order valence-electron chi connectivity index (χ4n) is 3.64. The molecule has 0 radical (unpaired) electrons. The molecule has 1 heterocycles. The van der Waals surface area contributed by atoms with Gasteiger partial charge in [0.2, 0.25) is 5.91 Å². The number of carbonyl (C=O) groups is 4. The summed E-state index contributed by atoms with van der Waals surface area (Å²) in [6.45, 7) is 9.45. The van der Waals surface area contributed by atoms with E-state index in [0.29, 0.717) is 12.5 Å². The number of hydrogen-bond acceptors (Lipinski definition) is 9. The van der Waals surface area contributed by atoms with Crippen LogP contribution in [0, 0.1) is 5.92 Å². The molecule has 0 aromatic rings. The van der Waals surface area contributed by atoms with Crippen LogP contribution in [0.3, 0.4) is 0 Å². The second kappa shape index (κ2) is 14.8. The first-order valence-corrected chi connectivity index (χ1v) is 11.5. The van der Waals surface area contributed by atoms with Crippen molar-refractivity contribution >= 4 is 23.8 Å². The molecule has 0 aromatic carbocycles. The fourth-order valence-corrected chi connectivity index (χ4v) is 3.64. The molecule has 1 N–H and O–H groups in total. The summed E-state index contributed by atoms with van der Waals surface area (Å²) in [5.74, 6) is -1.55. The van der Waals surface area contributed by atoms with Gasteiger partial charge in [0.15, 0.2) is 18.5 Å². The van der Waals surface area contributed by atoms with Crippen molar-refractivity contribution in [1.29, 1.82) is 0 Å². The summed E-state index contributed by atoms with van der Waals surface area (Å²) in [6, 6.07) is -0.926. The Labute approximate surface area is 196 Å². The highest BCUT2D eigenvalue weighted by atomic mass is 16.7. The van der Waals surface area contributed by atoms with Crippen molar-refractivity contribution in [3.8, 4) is 0 Å². The number of unbranched alkanes of at least 4 members (excludes halogenated alkanes) is 3. The number of esters is 3. The molecule has 1 fully saturated rings.